The second-order valence-corrected chi connectivity index (χ2v) is 12.6. The third-order valence-corrected chi connectivity index (χ3v) is 8.56. The summed E-state index contributed by atoms with van der Waals surface area (Å²) in [7, 11) is -0.464. The molecule has 3 aromatic rings. The molecular formula is C34H51N3O6S3. The molecule has 1 aliphatic carbocycles. The van der Waals surface area contributed by atoms with E-state index in [1.165, 1.54) is 0 Å². The number of rotatable bonds is 10. The topological polar surface area (TPSA) is 116 Å². The largest absolute Gasteiger partial charge is 0.486 e. The Morgan fingerprint density at radius 2 is 1.67 bits per heavy atom. The van der Waals surface area contributed by atoms with Crippen molar-refractivity contribution < 1.29 is 27.4 Å². The van der Waals surface area contributed by atoms with Crippen LogP contribution < -0.4 is 23.7 Å². The average Bonchev–Trinajstić information content (AvgIpc) is 3.65. The van der Waals surface area contributed by atoms with Crippen molar-refractivity contribution in [1.29, 1.82) is 0 Å². The van der Waals surface area contributed by atoms with Crippen molar-refractivity contribution in [3.63, 3.8) is 0 Å². The van der Waals surface area contributed by atoms with Gasteiger partial charge in [-0.05, 0) is 61.7 Å². The summed E-state index contributed by atoms with van der Waals surface area (Å²) < 4.78 is 46.1. The number of aromatic nitrogens is 1. The van der Waals surface area contributed by atoms with E-state index in [0.29, 0.717) is 30.4 Å². The number of carbonyl (C=O) groups excluding carboxylic acids is 1. The van der Waals surface area contributed by atoms with Crippen molar-refractivity contribution in [2.24, 2.45) is 0 Å². The van der Waals surface area contributed by atoms with E-state index in [-0.39, 0.29) is 23.7 Å². The van der Waals surface area contributed by atoms with Gasteiger partial charge in [0.05, 0.1) is 18.1 Å². The number of carbonyl (C=O) groups is 1. The first-order chi connectivity index (χ1) is 22.4. The molecule has 4 unspecified atom stereocenters. The lowest BCUT2D eigenvalue weighted by Gasteiger charge is -2.17. The predicted molar refractivity (Wildman–Crippen MR) is 194 cm³/mol. The maximum Gasteiger partial charge on any atom is 0.233 e. The zero-order valence-electron chi connectivity index (χ0n) is 28.3. The number of benzene rings is 2. The maximum absolute atomic E-state index is 12.1. The van der Waals surface area contributed by atoms with Gasteiger partial charge in [-0.15, -0.1) is 0 Å². The highest BCUT2D eigenvalue weighted by molar-refractivity contribution is 7.84. The molecule has 5 rings (SSSR count). The summed E-state index contributed by atoms with van der Waals surface area (Å²) in [6, 6.07) is 17.0. The molecule has 0 spiro atoms. The van der Waals surface area contributed by atoms with Gasteiger partial charge in [-0.2, -0.15) is 0 Å². The highest BCUT2D eigenvalue weighted by Gasteiger charge is 2.31. The summed E-state index contributed by atoms with van der Waals surface area (Å²) in [5.41, 5.74) is 3.06. The number of ether oxygens (including phenoxy) is 3. The van der Waals surface area contributed by atoms with Crippen molar-refractivity contribution in [3.05, 3.63) is 77.5 Å². The number of thiol groups is 1. The van der Waals surface area contributed by atoms with Crippen molar-refractivity contribution in [1.82, 2.24) is 14.4 Å². The third kappa shape index (κ3) is 13.1. The van der Waals surface area contributed by atoms with Crippen molar-refractivity contribution in [2.45, 2.75) is 78.6 Å². The Bertz CT molecular complexity index is 1340. The minimum atomic E-state index is -1.38. The lowest BCUT2D eigenvalue weighted by molar-refractivity contribution is -0.118. The van der Waals surface area contributed by atoms with Crippen LogP contribution in [-0.2, 0) is 33.0 Å². The van der Waals surface area contributed by atoms with Gasteiger partial charge in [-0.3, -0.25) is 18.4 Å². The molecule has 256 valence electrons. The van der Waals surface area contributed by atoms with Crippen LogP contribution in [0.4, 0.5) is 0 Å². The van der Waals surface area contributed by atoms with Gasteiger partial charge in [0.25, 0.3) is 0 Å². The average molecular weight is 694 g/mol. The van der Waals surface area contributed by atoms with Crippen molar-refractivity contribution in [3.8, 4) is 23.1 Å². The Labute approximate surface area is 286 Å². The third-order valence-electron chi connectivity index (χ3n) is 6.31. The van der Waals surface area contributed by atoms with Crippen LogP contribution in [0.5, 0.6) is 23.1 Å². The molecule has 2 aliphatic rings. The minimum Gasteiger partial charge on any atom is -0.486 e. The minimum absolute atomic E-state index is 0.0976. The number of hydrogen-bond acceptors (Lipinski definition) is 9. The molecule has 46 heavy (non-hydrogen) atoms. The van der Waals surface area contributed by atoms with Gasteiger partial charge in [0.15, 0.2) is 0 Å². The van der Waals surface area contributed by atoms with Crippen LogP contribution in [-0.4, -0.2) is 45.0 Å². The molecule has 2 aromatic carbocycles. The second kappa shape index (κ2) is 23.4. The molecule has 1 aromatic heterocycles. The zero-order valence-corrected chi connectivity index (χ0v) is 30.9. The van der Waals surface area contributed by atoms with Gasteiger partial charge < -0.3 is 14.2 Å². The standard InChI is InChI=1S/C27H28N2O6S2.3C2H6.CH5NS/c1-36(31)15-3-14-33-27-13-10-20(17-28-27)35-23-5-2-4-21-22(23)11-12-24(21)34-19-8-6-18(7-9-19)25-16-26(30)29-37(25)32;3*1-2;1-2-3/h2,4-10,13,17,24-25H,3,11-12,14-16H2,1H3,(H,29,30);3*1-2H3;2-3H,1H3. The summed E-state index contributed by atoms with van der Waals surface area (Å²) in [5.74, 6) is 3.05. The van der Waals surface area contributed by atoms with E-state index in [4.69, 9.17) is 14.2 Å². The molecule has 1 saturated heterocycles. The first-order valence-electron chi connectivity index (χ1n) is 15.8. The van der Waals surface area contributed by atoms with Crippen LogP contribution in [0.2, 0.25) is 0 Å². The van der Waals surface area contributed by atoms with E-state index in [9.17, 15) is 13.2 Å². The maximum atomic E-state index is 12.1. The summed E-state index contributed by atoms with van der Waals surface area (Å²) in [4.78, 5) is 15.8. The Morgan fingerprint density at radius 1 is 1.02 bits per heavy atom. The summed E-state index contributed by atoms with van der Waals surface area (Å²) in [6.07, 6.45) is 5.83. The molecule has 9 nitrogen and oxygen atoms in total. The van der Waals surface area contributed by atoms with Gasteiger partial charge in [0, 0.05) is 40.9 Å². The van der Waals surface area contributed by atoms with E-state index in [1.807, 2.05) is 84.0 Å². The molecular weight excluding hydrogens is 643 g/mol. The first-order valence-corrected chi connectivity index (χ1v) is 19.2. The van der Waals surface area contributed by atoms with Gasteiger partial charge in [-0.25, -0.2) is 9.19 Å². The summed E-state index contributed by atoms with van der Waals surface area (Å²) >= 11 is 3.54. The van der Waals surface area contributed by atoms with Crippen LogP contribution in [0.3, 0.4) is 0 Å². The molecule has 2 N–H and O–H groups in total. The molecule has 1 amide bonds. The van der Waals surface area contributed by atoms with Crippen LogP contribution in [0.1, 0.15) is 88.8 Å². The smallest absolute Gasteiger partial charge is 0.233 e. The lowest BCUT2D eigenvalue weighted by Crippen LogP contribution is -2.15. The van der Waals surface area contributed by atoms with Gasteiger partial charge in [0.2, 0.25) is 11.8 Å². The lowest BCUT2D eigenvalue weighted by atomic mass is 10.1. The predicted octanol–water partition coefficient (Wildman–Crippen LogP) is 7.44. The second-order valence-electron chi connectivity index (χ2n) is 9.19. The number of fused-ring (bicyclic) bond motifs is 1. The summed E-state index contributed by atoms with van der Waals surface area (Å²) in [6.45, 7) is 12.5. The van der Waals surface area contributed by atoms with Gasteiger partial charge >= 0.3 is 0 Å². The Balaban J connectivity index is 0.00000107. The molecule has 0 bridgehead atoms. The van der Waals surface area contributed by atoms with E-state index in [2.05, 4.69) is 33.3 Å². The zero-order chi connectivity index (χ0) is 34.5. The Morgan fingerprint density at radius 3 is 2.24 bits per heavy atom. The normalized spacial score (nSPS) is 17.8. The van der Waals surface area contributed by atoms with Crippen LogP contribution in [0.15, 0.2) is 60.8 Å². The number of pyridine rings is 1. The van der Waals surface area contributed by atoms with E-state index in [1.54, 1.807) is 25.6 Å². The number of nitrogens with zero attached hydrogens (tertiary/aromatic N) is 1. The van der Waals surface area contributed by atoms with Crippen LogP contribution in [0, 0.1) is 0 Å². The fraction of sp³-hybridized carbons (Fsp3) is 0.471. The molecule has 2 heterocycles. The highest BCUT2D eigenvalue weighted by atomic mass is 32.2. The molecule has 4 atom stereocenters. The monoisotopic (exact) mass is 693 g/mol. The first kappa shape index (κ1) is 41.1. The van der Waals surface area contributed by atoms with E-state index in [0.717, 1.165) is 41.0 Å². The van der Waals surface area contributed by atoms with Crippen molar-refractivity contribution >= 4 is 40.5 Å². The van der Waals surface area contributed by atoms with Crippen LogP contribution in [0.25, 0.3) is 0 Å². The Hall–Kier alpha value is -2.93. The van der Waals surface area contributed by atoms with Gasteiger partial charge in [0.1, 0.15) is 34.3 Å². The van der Waals surface area contributed by atoms with Crippen molar-refractivity contribution in [2.75, 3.05) is 25.7 Å². The van der Waals surface area contributed by atoms with Gasteiger partial charge in [-0.1, -0.05) is 78.6 Å². The van der Waals surface area contributed by atoms with E-state index < -0.39 is 21.8 Å². The number of hydrogen-bond donors (Lipinski definition) is 3. The SMILES string of the molecule is CC.CC.CC.CNS.CS(=O)CCCOc1ccc(Oc2cccc3c2CCC3Oc2ccc(C3CC(=O)NS3=O)cc2)cn1. The molecule has 1 fully saturated rings. The van der Waals surface area contributed by atoms with E-state index >= 15 is 0 Å². The molecule has 1 aliphatic heterocycles. The number of amides is 1. The number of nitrogens with one attached hydrogen (secondary N) is 2. The fourth-order valence-electron chi connectivity index (χ4n) is 4.51. The highest BCUT2D eigenvalue weighted by Crippen LogP contribution is 2.41. The molecule has 0 radical (unpaired) electrons. The summed E-state index contributed by atoms with van der Waals surface area (Å²) in [5, 5.41) is -0.323. The fourth-order valence-corrected chi connectivity index (χ4v) is 6.20. The molecule has 12 heteroatoms. The quantitative estimate of drug-likeness (QED) is 0.148. The van der Waals surface area contributed by atoms with Crippen LogP contribution >= 0.6 is 12.8 Å². The molecule has 0 saturated carbocycles. The Kier molecular flexibility index (Phi) is 20.9.